The van der Waals surface area contributed by atoms with Crippen LogP contribution >= 0.6 is 0 Å². The molecule has 2 aromatic rings. The highest BCUT2D eigenvalue weighted by atomic mass is 16.1. The smallest absolute Gasteiger partial charge is 0.234 e. The zero-order valence-corrected chi connectivity index (χ0v) is 8.76. The molecule has 0 spiro atoms. The van der Waals surface area contributed by atoms with Gasteiger partial charge in [0.15, 0.2) is 0 Å². The number of aromatic nitrogens is 1. The maximum absolute atomic E-state index is 10.8. The van der Waals surface area contributed by atoms with Gasteiger partial charge in [0.05, 0.1) is 11.6 Å². The number of carbonyl (C=O) groups excluding carboxylic acids is 1. The van der Waals surface area contributed by atoms with Crippen LogP contribution in [0.5, 0.6) is 0 Å². The highest BCUT2D eigenvalue weighted by Crippen LogP contribution is 2.12. The third-order valence-corrected chi connectivity index (χ3v) is 2.45. The molecule has 1 aromatic heterocycles. The summed E-state index contributed by atoms with van der Waals surface area (Å²) in [5.74, 6) is -0.505. The summed E-state index contributed by atoms with van der Waals surface area (Å²) < 4.78 is 0. The number of para-hydroxylation sites is 1. The van der Waals surface area contributed by atoms with Crippen molar-refractivity contribution < 1.29 is 4.79 Å². The Hall–Kier alpha value is -1.94. The minimum absolute atomic E-state index is 0.375. The van der Waals surface area contributed by atoms with Crippen LogP contribution in [0.3, 0.4) is 0 Å². The molecule has 0 bridgehead atoms. The number of carbonyl (C=O) groups is 1. The molecular weight excluding hydrogens is 202 g/mol. The number of amides is 1. The van der Waals surface area contributed by atoms with Crippen molar-refractivity contribution in [3.63, 3.8) is 0 Å². The van der Waals surface area contributed by atoms with Crippen LogP contribution in [0, 0.1) is 0 Å². The monoisotopic (exact) mass is 215 g/mol. The van der Waals surface area contributed by atoms with E-state index in [1.165, 1.54) is 0 Å². The number of pyridine rings is 1. The van der Waals surface area contributed by atoms with Gasteiger partial charge in [-0.2, -0.15) is 0 Å². The SMILES string of the molecule is NC(=O)C(N)Cc1ccc2ccccc2n1. The Bertz CT molecular complexity index is 524. The van der Waals surface area contributed by atoms with Gasteiger partial charge in [0.2, 0.25) is 5.91 Å². The first-order chi connectivity index (χ1) is 7.66. The van der Waals surface area contributed by atoms with Crippen molar-refractivity contribution in [1.82, 2.24) is 4.98 Å². The van der Waals surface area contributed by atoms with Crippen molar-refractivity contribution >= 4 is 16.8 Å². The van der Waals surface area contributed by atoms with E-state index < -0.39 is 11.9 Å². The lowest BCUT2D eigenvalue weighted by Crippen LogP contribution is -2.38. The summed E-state index contributed by atoms with van der Waals surface area (Å²) in [5.41, 5.74) is 12.4. The van der Waals surface area contributed by atoms with Gasteiger partial charge >= 0.3 is 0 Å². The number of hydrogen-bond acceptors (Lipinski definition) is 3. The Balaban J connectivity index is 2.29. The molecular formula is C12H13N3O. The molecule has 0 saturated carbocycles. The molecule has 2 rings (SSSR count). The third kappa shape index (κ3) is 2.17. The Morgan fingerprint density at radius 2 is 2.00 bits per heavy atom. The normalized spacial score (nSPS) is 12.6. The lowest BCUT2D eigenvalue weighted by Gasteiger charge is -2.07. The summed E-state index contributed by atoms with van der Waals surface area (Å²) in [5, 5.41) is 1.07. The van der Waals surface area contributed by atoms with E-state index >= 15 is 0 Å². The number of nitrogens with zero attached hydrogens (tertiary/aromatic N) is 1. The molecule has 1 aromatic carbocycles. The van der Waals surface area contributed by atoms with E-state index in [4.69, 9.17) is 11.5 Å². The van der Waals surface area contributed by atoms with Gasteiger partial charge in [0.25, 0.3) is 0 Å². The summed E-state index contributed by atoms with van der Waals surface area (Å²) in [6.07, 6.45) is 0.375. The van der Waals surface area contributed by atoms with Crippen LogP contribution in [0.2, 0.25) is 0 Å². The van der Waals surface area contributed by atoms with E-state index in [1.807, 2.05) is 36.4 Å². The molecule has 4 nitrogen and oxygen atoms in total. The molecule has 16 heavy (non-hydrogen) atoms. The Morgan fingerprint density at radius 3 is 2.75 bits per heavy atom. The molecule has 1 unspecified atom stereocenters. The average Bonchev–Trinajstić information content (AvgIpc) is 2.28. The molecule has 1 heterocycles. The first-order valence-corrected chi connectivity index (χ1v) is 5.06. The number of hydrogen-bond donors (Lipinski definition) is 2. The largest absolute Gasteiger partial charge is 0.368 e. The molecule has 4 heteroatoms. The molecule has 82 valence electrons. The van der Waals surface area contributed by atoms with Crippen LogP contribution in [0.4, 0.5) is 0 Å². The van der Waals surface area contributed by atoms with E-state index in [0.717, 1.165) is 16.6 Å². The highest BCUT2D eigenvalue weighted by molar-refractivity contribution is 5.80. The quantitative estimate of drug-likeness (QED) is 0.786. The lowest BCUT2D eigenvalue weighted by atomic mass is 10.1. The molecule has 0 fully saturated rings. The topological polar surface area (TPSA) is 82.0 Å². The molecule has 0 aliphatic rings. The molecule has 1 amide bonds. The van der Waals surface area contributed by atoms with Gasteiger partial charge in [-0.15, -0.1) is 0 Å². The second-order valence-corrected chi connectivity index (χ2v) is 3.71. The zero-order chi connectivity index (χ0) is 11.5. The fraction of sp³-hybridized carbons (Fsp3) is 0.167. The summed E-state index contributed by atoms with van der Waals surface area (Å²) in [7, 11) is 0. The van der Waals surface area contributed by atoms with Gasteiger partial charge in [-0.1, -0.05) is 24.3 Å². The van der Waals surface area contributed by atoms with Gasteiger partial charge in [-0.05, 0) is 12.1 Å². The number of primary amides is 1. The lowest BCUT2D eigenvalue weighted by molar-refractivity contribution is -0.119. The van der Waals surface area contributed by atoms with Crippen LogP contribution in [-0.2, 0) is 11.2 Å². The molecule has 4 N–H and O–H groups in total. The highest BCUT2D eigenvalue weighted by Gasteiger charge is 2.10. The van der Waals surface area contributed by atoms with E-state index in [1.54, 1.807) is 0 Å². The van der Waals surface area contributed by atoms with Crippen molar-refractivity contribution in [2.45, 2.75) is 12.5 Å². The summed E-state index contributed by atoms with van der Waals surface area (Å²) in [4.78, 5) is 15.2. The van der Waals surface area contributed by atoms with E-state index in [9.17, 15) is 4.79 Å². The second kappa shape index (κ2) is 4.28. The Morgan fingerprint density at radius 1 is 1.25 bits per heavy atom. The van der Waals surface area contributed by atoms with Crippen LogP contribution in [-0.4, -0.2) is 16.9 Å². The van der Waals surface area contributed by atoms with E-state index in [-0.39, 0.29) is 0 Å². The zero-order valence-electron chi connectivity index (χ0n) is 8.76. The Kier molecular flexibility index (Phi) is 2.83. The first kappa shape index (κ1) is 10.6. The van der Waals surface area contributed by atoms with Crippen LogP contribution in [0.1, 0.15) is 5.69 Å². The summed E-state index contributed by atoms with van der Waals surface area (Å²) >= 11 is 0. The van der Waals surface area contributed by atoms with Crippen LogP contribution in [0.25, 0.3) is 10.9 Å². The fourth-order valence-electron chi connectivity index (χ4n) is 1.55. The number of nitrogens with two attached hydrogens (primary N) is 2. The van der Waals surface area contributed by atoms with E-state index in [0.29, 0.717) is 6.42 Å². The minimum atomic E-state index is -0.673. The standard InChI is InChI=1S/C12H13N3O/c13-10(12(14)16)7-9-6-5-8-3-1-2-4-11(8)15-9/h1-6,10H,7,13H2,(H2,14,16). The molecule has 0 saturated heterocycles. The van der Waals surface area contributed by atoms with Gasteiger partial charge in [-0.25, -0.2) is 0 Å². The second-order valence-electron chi connectivity index (χ2n) is 3.71. The Labute approximate surface area is 93.3 Å². The molecule has 1 atom stereocenters. The van der Waals surface area contributed by atoms with Crippen LogP contribution < -0.4 is 11.5 Å². The van der Waals surface area contributed by atoms with Crippen molar-refractivity contribution in [1.29, 1.82) is 0 Å². The van der Waals surface area contributed by atoms with Gasteiger partial charge in [0.1, 0.15) is 0 Å². The van der Waals surface area contributed by atoms with Crippen LogP contribution in [0.15, 0.2) is 36.4 Å². The van der Waals surface area contributed by atoms with Gasteiger partial charge in [-0.3, -0.25) is 9.78 Å². The predicted octanol–water partition coefficient (Wildman–Crippen LogP) is 0.590. The van der Waals surface area contributed by atoms with Crippen molar-refractivity contribution in [3.05, 3.63) is 42.1 Å². The van der Waals surface area contributed by atoms with Gasteiger partial charge in [0, 0.05) is 17.5 Å². The van der Waals surface area contributed by atoms with Crippen molar-refractivity contribution in [2.75, 3.05) is 0 Å². The number of fused-ring (bicyclic) bond motifs is 1. The van der Waals surface area contributed by atoms with E-state index in [2.05, 4.69) is 4.98 Å². The molecule has 0 aliphatic heterocycles. The minimum Gasteiger partial charge on any atom is -0.368 e. The van der Waals surface area contributed by atoms with Crippen molar-refractivity contribution in [3.8, 4) is 0 Å². The van der Waals surface area contributed by atoms with Crippen molar-refractivity contribution in [2.24, 2.45) is 11.5 Å². The number of benzene rings is 1. The van der Waals surface area contributed by atoms with Gasteiger partial charge < -0.3 is 11.5 Å². The first-order valence-electron chi connectivity index (χ1n) is 5.06. The maximum atomic E-state index is 10.8. The summed E-state index contributed by atoms with van der Waals surface area (Å²) in [6.45, 7) is 0. The fourth-order valence-corrected chi connectivity index (χ4v) is 1.55. The maximum Gasteiger partial charge on any atom is 0.234 e. The molecule has 0 radical (unpaired) electrons. The third-order valence-electron chi connectivity index (χ3n) is 2.45. The predicted molar refractivity (Wildman–Crippen MR) is 62.6 cm³/mol. The summed E-state index contributed by atoms with van der Waals surface area (Å²) in [6, 6.07) is 10.9. The number of rotatable bonds is 3. The molecule has 0 aliphatic carbocycles. The average molecular weight is 215 g/mol.